The zero-order valence-electron chi connectivity index (χ0n) is 30.0. The number of hydrogen-bond donors (Lipinski definition) is 0. The van der Waals surface area contributed by atoms with Gasteiger partial charge in [-0.2, -0.15) is 0 Å². The van der Waals surface area contributed by atoms with Gasteiger partial charge in [-0.1, -0.05) is 102 Å². The van der Waals surface area contributed by atoms with Crippen molar-refractivity contribution < 1.29 is 9.30 Å². The van der Waals surface area contributed by atoms with Crippen molar-refractivity contribution in [2.45, 2.75) is 97.1 Å². The molecule has 0 radical (unpaired) electrons. The van der Waals surface area contributed by atoms with Gasteiger partial charge in [0.05, 0.1) is 0 Å². The van der Waals surface area contributed by atoms with Crippen LogP contribution in [0.1, 0.15) is 89.3 Å². The van der Waals surface area contributed by atoms with Crippen LogP contribution >= 0.6 is 11.8 Å². The molecule has 0 fully saturated rings. The van der Waals surface area contributed by atoms with Gasteiger partial charge in [0.1, 0.15) is 12.4 Å². The lowest BCUT2D eigenvalue weighted by atomic mass is 9.75. The molecule has 2 heterocycles. The molecule has 47 heavy (non-hydrogen) atoms. The maximum Gasteiger partial charge on any atom is 0.173 e. The van der Waals surface area contributed by atoms with Gasteiger partial charge in [-0.05, 0) is 72.6 Å². The van der Waals surface area contributed by atoms with Crippen molar-refractivity contribution in [3.8, 4) is 18.6 Å². The maximum absolute atomic E-state index is 5.74. The lowest BCUT2D eigenvalue weighted by molar-refractivity contribution is -0.688. The summed E-state index contributed by atoms with van der Waals surface area (Å²) in [5.74, 6) is 2.22. The Labute approximate surface area is 291 Å². The Morgan fingerprint density at radius 2 is 1.38 bits per heavy atom. The van der Waals surface area contributed by atoms with E-state index in [0.29, 0.717) is 12.0 Å². The maximum atomic E-state index is 5.74. The lowest BCUT2D eigenvalue weighted by Gasteiger charge is -2.32. The van der Waals surface area contributed by atoms with Gasteiger partial charge in [-0.25, -0.2) is 4.57 Å². The molecule has 0 aliphatic carbocycles. The molecule has 4 aromatic rings. The summed E-state index contributed by atoms with van der Waals surface area (Å²) in [4.78, 5) is 3.75. The Kier molecular flexibility index (Phi) is 19.1. The molecule has 3 aromatic carbocycles. The quantitative estimate of drug-likeness (QED) is 0.112. The number of terminal acetylenes is 1. The summed E-state index contributed by atoms with van der Waals surface area (Å²) in [6.45, 7) is 10.1. The number of hydrogen-bond acceptors (Lipinski definition) is 3. The lowest BCUT2D eigenvalue weighted by Crippen LogP contribution is -2.32. The van der Waals surface area contributed by atoms with Crippen molar-refractivity contribution in [2.24, 2.45) is 5.41 Å². The minimum absolute atomic E-state index is 0.577. The fourth-order valence-electron chi connectivity index (χ4n) is 5.68. The van der Waals surface area contributed by atoms with E-state index in [9.17, 15) is 0 Å². The monoisotopic (exact) mass is 651 g/mol. The SMILES string of the molecule is C#C.CC.CCCCC1(CCCC)CCc2cc(N(C)C)ccc2SC1.c1ccc(OCc2ccc(C[n+]3ccccc3)cc2)cc1. The van der Waals surface area contributed by atoms with Gasteiger partial charge < -0.3 is 9.64 Å². The standard InChI is InChI=1S/C20H33NS.C19H18NO.C2H6.C2H2/c1-5-7-12-20(13-8-6-2)14-11-17-15-18(21(3)4)9-10-19(17)22-16-20;1-3-7-19(8-4-1)21-16-18-11-9-17(10-12-18)15-20-13-5-2-6-14-20;2*1-2/h9-10,15H,5-8,11-14,16H2,1-4H3;1-14H,15-16H2;1-2H3;1-2H/q;+1;;. The molecule has 0 unspecified atom stereocenters. The van der Waals surface area contributed by atoms with Gasteiger partial charge >= 0.3 is 0 Å². The number of para-hydroxylation sites is 1. The van der Waals surface area contributed by atoms with Gasteiger partial charge in [0, 0.05) is 48.1 Å². The van der Waals surface area contributed by atoms with Gasteiger partial charge in [0.25, 0.3) is 0 Å². The van der Waals surface area contributed by atoms with Crippen LogP contribution in [-0.2, 0) is 19.6 Å². The predicted molar refractivity (Wildman–Crippen MR) is 205 cm³/mol. The van der Waals surface area contributed by atoms with Crippen LogP contribution in [0.3, 0.4) is 0 Å². The molecule has 1 aromatic heterocycles. The zero-order chi connectivity index (χ0) is 34.3. The molecule has 0 saturated carbocycles. The summed E-state index contributed by atoms with van der Waals surface area (Å²) in [7, 11) is 4.27. The van der Waals surface area contributed by atoms with Gasteiger partial charge in [-0.15, -0.1) is 24.6 Å². The Morgan fingerprint density at radius 1 is 0.787 bits per heavy atom. The van der Waals surface area contributed by atoms with E-state index in [1.165, 1.54) is 78.8 Å². The van der Waals surface area contributed by atoms with E-state index >= 15 is 0 Å². The number of rotatable bonds is 12. The first kappa shape index (κ1) is 39.5. The first-order valence-electron chi connectivity index (χ1n) is 17.5. The highest BCUT2D eigenvalue weighted by Crippen LogP contribution is 2.45. The molecule has 0 bridgehead atoms. The molecule has 1 aliphatic heterocycles. The number of aryl methyl sites for hydroxylation is 1. The molecule has 0 spiro atoms. The highest BCUT2D eigenvalue weighted by Gasteiger charge is 2.31. The average Bonchev–Trinajstić information content (AvgIpc) is 3.32. The second-order valence-corrected chi connectivity index (χ2v) is 13.2. The van der Waals surface area contributed by atoms with Gasteiger partial charge in [-0.3, -0.25) is 0 Å². The summed E-state index contributed by atoms with van der Waals surface area (Å²) >= 11 is 2.12. The van der Waals surface area contributed by atoms with Crippen molar-refractivity contribution in [3.05, 3.63) is 120 Å². The van der Waals surface area contributed by atoms with Crippen LogP contribution in [0.4, 0.5) is 5.69 Å². The van der Waals surface area contributed by atoms with Crippen LogP contribution in [-0.4, -0.2) is 19.8 Å². The van der Waals surface area contributed by atoms with E-state index in [2.05, 4.69) is 117 Å². The third kappa shape index (κ3) is 13.9. The number of ether oxygens (including phenoxy) is 1. The van der Waals surface area contributed by atoms with Crippen LogP contribution in [0.15, 0.2) is 108 Å². The minimum Gasteiger partial charge on any atom is -0.489 e. The van der Waals surface area contributed by atoms with Crippen LogP contribution in [0.5, 0.6) is 5.75 Å². The fourth-order valence-corrected chi connectivity index (χ4v) is 7.09. The molecule has 1 aliphatic rings. The molecule has 0 atom stereocenters. The van der Waals surface area contributed by atoms with Crippen LogP contribution in [0.2, 0.25) is 0 Å². The number of anilines is 1. The summed E-state index contributed by atoms with van der Waals surface area (Å²) in [5, 5.41) is 0. The number of pyridine rings is 1. The highest BCUT2D eigenvalue weighted by molar-refractivity contribution is 7.99. The van der Waals surface area contributed by atoms with Crippen molar-refractivity contribution in [3.63, 3.8) is 0 Å². The van der Waals surface area contributed by atoms with Crippen molar-refractivity contribution in [1.82, 2.24) is 0 Å². The minimum atomic E-state index is 0.577. The van der Waals surface area contributed by atoms with E-state index in [1.807, 2.05) is 62.4 Å². The second kappa shape index (κ2) is 22.8. The van der Waals surface area contributed by atoms with E-state index in [1.54, 1.807) is 5.56 Å². The molecular formula is C43H59N2OS+. The summed E-state index contributed by atoms with van der Waals surface area (Å²) in [5.41, 5.74) is 5.96. The number of unbranched alkanes of at least 4 members (excludes halogenated alkanes) is 2. The Morgan fingerprint density at radius 3 is 1.98 bits per heavy atom. The second-order valence-electron chi connectivity index (χ2n) is 12.1. The average molecular weight is 652 g/mol. The Balaban J connectivity index is 0.000000296. The molecular weight excluding hydrogens is 593 g/mol. The van der Waals surface area contributed by atoms with Crippen LogP contribution < -0.4 is 14.2 Å². The molecule has 3 nitrogen and oxygen atoms in total. The van der Waals surface area contributed by atoms with Crippen molar-refractivity contribution in [2.75, 3.05) is 24.7 Å². The predicted octanol–water partition coefficient (Wildman–Crippen LogP) is 11.0. The first-order chi connectivity index (χ1) is 23.0. The molecule has 5 rings (SSSR count). The number of nitrogens with zero attached hydrogens (tertiary/aromatic N) is 2. The van der Waals surface area contributed by atoms with E-state index in [-0.39, 0.29) is 0 Å². The summed E-state index contributed by atoms with van der Waals surface area (Å²) in [6, 6.07) is 31.6. The van der Waals surface area contributed by atoms with E-state index < -0.39 is 0 Å². The number of fused-ring (bicyclic) bond motifs is 1. The molecule has 0 saturated heterocycles. The Hall–Kier alpha value is -3.68. The molecule has 0 amide bonds. The van der Waals surface area contributed by atoms with Gasteiger partial charge in [0.15, 0.2) is 18.9 Å². The highest BCUT2D eigenvalue weighted by atomic mass is 32.2. The van der Waals surface area contributed by atoms with Crippen LogP contribution in [0.25, 0.3) is 0 Å². The Bertz CT molecular complexity index is 1380. The smallest absolute Gasteiger partial charge is 0.173 e. The summed E-state index contributed by atoms with van der Waals surface area (Å²) < 4.78 is 7.91. The summed E-state index contributed by atoms with van der Waals surface area (Å²) in [6.07, 6.45) is 23.1. The van der Waals surface area contributed by atoms with E-state index in [4.69, 9.17) is 4.74 Å². The number of thioether (sulfide) groups is 1. The zero-order valence-corrected chi connectivity index (χ0v) is 30.8. The third-order valence-electron chi connectivity index (χ3n) is 8.45. The van der Waals surface area contributed by atoms with Gasteiger partial charge in [0.2, 0.25) is 0 Å². The van der Waals surface area contributed by atoms with Crippen molar-refractivity contribution >= 4 is 17.4 Å². The molecule has 252 valence electrons. The topological polar surface area (TPSA) is 16.4 Å². The largest absolute Gasteiger partial charge is 0.489 e. The van der Waals surface area contributed by atoms with Crippen molar-refractivity contribution in [1.29, 1.82) is 0 Å². The molecule has 4 heteroatoms. The van der Waals surface area contributed by atoms with E-state index in [0.717, 1.165) is 12.3 Å². The normalized spacial score (nSPS) is 12.7. The number of aromatic nitrogens is 1. The third-order valence-corrected chi connectivity index (χ3v) is 9.92. The fraction of sp³-hybridized carbons (Fsp3) is 0.419. The first-order valence-corrected chi connectivity index (χ1v) is 18.4. The number of benzene rings is 3. The van der Waals surface area contributed by atoms with Crippen LogP contribution in [0, 0.1) is 18.3 Å². The molecule has 0 N–H and O–H groups in total.